The molecular weight excluding hydrogens is 365 g/mol. The lowest BCUT2D eigenvalue weighted by Gasteiger charge is -2.09. The number of aliphatic hydroxyl groups is 1. The van der Waals surface area contributed by atoms with Crippen LogP contribution in [-0.2, 0) is 17.9 Å². The molecule has 0 fully saturated rings. The van der Waals surface area contributed by atoms with Gasteiger partial charge in [0.15, 0.2) is 0 Å². The molecule has 0 aliphatic carbocycles. The number of rotatable bonds is 6. The molecule has 0 saturated carbocycles. The summed E-state index contributed by atoms with van der Waals surface area (Å²) >= 11 is 0. The SMILES string of the molecule is CC(C#N)C(N)=O.COc1ccc(F)cc1C(=O)NCc1ccc(CO)cc1. The van der Waals surface area contributed by atoms with E-state index in [1.165, 1.54) is 26.2 Å². The van der Waals surface area contributed by atoms with Gasteiger partial charge in [-0.05, 0) is 36.2 Å². The van der Waals surface area contributed by atoms with Crippen LogP contribution in [0, 0.1) is 23.1 Å². The number of hydrogen-bond donors (Lipinski definition) is 3. The van der Waals surface area contributed by atoms with E-state index in [1.54, 1.807) is 18.2 Å². The highest BCUT2D eigenvalue weighted by Crippen LogP contribution is 2.19. The molecule has 2 aromatic rings. The first-order valence-corrected chi connectivity index (χ1v) is 8.31. The number of hydrogen-bond acceptors (Lipinski definition) is 5. The fraction of sp³-hybridized carbons (Fsp3) is 0.250. The van der Waals surface area contributed by atoms with Crippen LogP contribution in [0.15, 0.2) is 42.5 Å². The molecule has 1 unspecified atom stereocenters. The predicted molar refractivity (Wildman–Crippen MR) is 100 cm³/mol. The maximum Gasteiger partial charge on any atom is 0.255 e. The first-order chi connectivity index (χ1) is 13.3. The molecule has 0 bridgehead atoms. The topological polar surface area (TPSA) is 125 Å². The van der Waals surface area contributed by atoms with Crippen molar-refractivity contribution in [2.45, 2.75) is 20.1 Å². The number of carbonyl (C=O) groups is 2. The number of nitrogens with one attached hydrogen (secondary N) is 1. The van der Waals surface area contributed by atoms with Crippen LogP contribution in [0.5, 0.6) is 5.75 Å². The van der Waals surface area contributed by atoms with Gasteiger partial charge >= 0.3 is 0 Å². The Morgan fingerprint density at radius 3 is 2.32 bits per heavy atom. The molecule has 1 atom stereocenters. The number of halogens is 1. The van der Waals surface area contributed by atoms with E-state index in [9.17, 15) is 14.0 Å². The van der Waals surface area contributed by atoms with Crippen molar-refractivity contribution in [1.82, 2.24) is 5.32 Å². The summed E-state index contributed by atoms with van der Waals surface area (Å²) in [6.07, 6.45) is 0. The van der Waals surface area contributed by atoms with Crippen LogP contribution < -0.4 is 15.8 Å². The number of carbonyl (C=O) groups excluding carboxylic acids is 2. The average molecular weight is 387 g/mol. The standard InChI is InChI=1S/C16H16FNO3.C4H6N2O/c1-21-15-7-6-13(17)8-14(15)16(20)18-9-11-2-4-12(10-19)5-3-11;1-3(2-5)4(6)7/h2-8,19H,9-10H2,1H3,(H,18,20);3H,1H3,(H2,6,7). The summed E-state index contributed by atoms with van der Waals surface area (Å²) < 4.78 is 18.3. The van der Waals surface area contributed by atoms with Gasteiger partial charge < -0.3 is 20.9 Å². The van der Waals surface area contributed by atoms with Gasteiger partial charge in [0.2, 0.25) is 5.91 Å². The molecule has 7 nitrogen and oxygen atoms in total. The zero-order valence-electron chi connectivity index (χ0n) is 15.6. The second-order valence-electron chi connectivity index (χ2n) is 5.76. The number of primary amides is 1. The van der Waals surface area contributed by atoms with Crippen molar-refractivity contribution in [2.75, 3.05) is 7.11 Å². The third-order valence-electron chi connectivity index (χ3n) is 3.69. The maximum absolute atomic E-state index is 13.2. The molecule has 0 aromatic heterocycles. The summed E-state index contributed by atoms with van der Waals surface area (Å²) in [5.74, 6) is -1.79. The zero-order valence-corrected chi connectivity index (χ0v) is 15.6. The number of methoxy groups -OCH3 is 1. The number of nitrogens with two attached hydrogens (primary N) is 1. The van der Waals surface area contributed by atoms with Gasteiger partial charge in [-0.25, -0.2) is 4.39 Å². The highest BCUT2D eigenvalue weighted by atomic mass is 19.1. The van der Waals surface area contributed by atoms with Gasteiger partial charge in [-0.1, -0.05) is 24.3 Å². The summed E-state index contributed by atoms with van der Waals surface area (Å²) in [6.45, 7) is 1.75. The molecule has 0 spiro atoms. The van der Waals surface area contributed by atoms with Crippen LogP contribution in [0.3, 0.4) is 0 Å². The quantitative estimate of drug-likeness (QED) is 0.698. The highest BCUT2D eigenvalue weighted by molar-refractivity contribution is 5.96. The fourth-order valence-electron chi connectivity index (χ4n) is 1.96. The van der Waals surface area contributed by atoms with Crippen molar-refractivity contribution < 1.29 is 23.8 Å². The second-order valence-corrected chi connectivity index (χ2v) is 5.76. The molecule has 0 heterocycles. The molecule has 0 saturated heterocycles. The Labute approximate surface area is 162 Å². The summed E-state index contributed by atoms with van der Waals surface area (Å²) in [6, 6.07) is 12.7. The van der Waals surface area contributed by atoms with Crippen molar-refractivity contribution in [3.05, 3.63) is 65.0 Å². The smallest absolute Gasteiger partial charge is 0.255 e. The van der Waals surface area contributed by atoms with Crippen molar-refractivity contribution in [1.29, 1.82) is 5.26 Å². The van der Waals surface area contributed by atoms with E-state index >= 15 is 0 Å². The zero-order chi connectivity index (χ0) is 21.1. The molecule has 28 heavy (non-hydrogen) atoms. The predicted octanol–water partition coefficient (Wildman–Crippen LogP) is 1.89. The van der Waals surface area contributed by atoms with Gasteiger partial charge in [0, 0.05) is 6.54 Å². The number of ether oxygens (including phenoxy) is 1. The van der Waals surface area contributed by atoms with Crippen LogP contribution in [0.1, 0.15) is 28.4 Å². The van der Waals surface area contributed by atoms with Gasteiger partial charge in [0.05, 0.1) is 25.3 Å². The summed E-state index contributed by atoms with van der Waals surface area (Å²) in [5.41, 5.74) is 6.53. The molecule has 0 aliphatic rings. The van der Waals surface area contributed by atoms with E-state index in [0.29, 0.717) is 12.3 Å². The third-order valence-corrected chi connectivity index (χ3v) is 3.69. The molecule has 2 rings (SSSR count). The van der Waals surface area contributed by atoms with Crippen LogP contribution in [0.2, 0.25) is 0 Å². The summed E-state index contributed by atoms with van der Waals surface area (Å²) in [5, 5.41) is 19.6. The van der Waals surface area contributed by atoms with Gasteiger partial charge in [0.25, 0.3) is 5.91 Å². The van der Waals surface area contributed by atoms with Gasteiger partial charge in [0.1, 0.15) is 17.5 Å². The molecule has 148 valence electrons. The van der Waals surface area contributed by atoms with Crippen LogP contribution >= 0.6 is 0 Å². The Kier molecular flexibility index (Phi) is 9.13. The van der Waals surface area contributed by atoms with Crippen molar-refractivity contribution in [3.8, 4) is 11.8 Å². The van der Waals surface area contributed by atoms with E-state index in [1.807, 2.05) is 12.1 Å². The minimum Gasteiger partial charge on any atom is -0.496 e. The fourth-order valence-corrected chi connectivity index (χ4v) is 1.96. The lowest BCUT2D eigenvalue weighted by atomic mass is 10.1. The number of nitriles is 1. The number of benzene rings is 2. The first-order valence-electron chi connectivity index (χ1n) is 8.31. The largest absolute Gasteiger partial charge is 0.496 e. The Hall–Kier alpha value is -3.44. The van der Waals surface area contributed by atoms with Crippen molar-refractivity contribution in [2.24, 2.45) is 11.7 Å². The molecule has 2 aromatic carbocycles. The normalized spacial score (nSPS) is 10.7. The molecule has 4 N–H and O–H groups in total. The average Bonchev–Trinajstić information content (AvgIpc) is 2.72. The summed E-state index contributed by atoms with van der Waals surface area (Å²) in [7, 11) is 1.43. The van der Waals surface area contributed by atoms with E-state index in [-0.39, 0.29) is 12.2 Å². The van der Waals surface area contributed by atoms with Crippen LogP contribution in [0.4, 0.5) is 4.39 Å². The Morgan fingerprint density at radius 1 is 1.25 bits per heavy atom. The first kappa shape index (κ1) is 22.6. The molecule has 0 radical (unpaired) electrons. The molecule has 2 amide bonds. The van der Waals surface area contributed by atoms with Crippen molar-refractivity contribution >= 4 is 11.8 Å². The maximum atomic E-state index is 13.2. The number of amides is 2. The minimum absolute atomic E-state index is 0.0207. The Balaban J connectivity index is 0.000000480. The molecular formula is C20H22FN3O4. The Bertz CT molecular complexity index is 848. The van der Waals surface area contributed by atoms with E-state index in [4.69, 9.17) is 15.1 Å². The van der Waals surface area contributed by atoms with Crippen molar-refractivity contribution in [3.63, 3.8) is 0 Å². The number of aliphatic hydroxyl groups excluding tert-OH is 1. The van der Waals surface area contributed by atoms with Gasteiger partial charge in [-0.15, -0.1) is 0 Å². The van der Waals surface area contributed by atoms with Gasteiger partial charge in [-0.2, -0.15) is 5.26 Å². The summed E-state index contributed by atoms with van der Waals surface area (Å²) in [4.78, 5) is 22.0. The second kappa shape index (κ2) is 11.3. The van der Waals surface area contributed by atoms with E-state index in [0.717, 1.165) is 17.2 Å². The van der Waals surface area contributed by atoms with Gasteiger partial charge in [-0.3, -0.25) is 9.59 Å². The van der Waals surface area contributed by atoms with E-state index < -0.39 is 23.5 Å². The minimum atomic E-state index is -0.653. The molecule has 8 heteroatoms. The number of nitrogens with zero attached hydrogens (tertiary/aromatic N) is 1. The van der Waals surface area contributed by atoms with E-state index in [2.05, 4.69) is 11.1 Å². The highest BCUT2D eigenvalue weighted by Gasteiger charge is 2.13. The van der Waals surface area contributed by atoms with Crippen LogP contribution in [0.25, 0.3) is 0 Å². The lowest BCUT2D eigenvalue weighted by Crippen LogP contribution is -2.23. The van der Waals surface area contributed by atoms with Crippen LogP contribution in [-0.4, -0.2) is 24.0 Å². The third kappa shape index (κ3) is 7.05. The monoisotopic (exact) mass is 387 g/mol. The Morgan fingerprint density at radius 2 is 1.86 bits per heavy atom. The lowest BCUT2D eigenvalue weighted by molar-refractivity contribution is -0.119. The molecule has 0 aliphatic heterocycles.